The maximum Gasteiger partial charge on any atom is 0.274 e. The molecule has 3 rings (SSSR count). The van der Waals surface area contributed by atoms with Gasteiger partial charge in [0.15, 0.2) is 0 Å². The monoisotopic (exact) mass is 367 g/mol. The van der Waals surface area contributed by atoms with E-state index in [1.165, 1.54) is 21.7 Å². The van der Waals surface area contributed by atoms with Gasteiger partial charge in [0.25, 0.3) is 17.0 Å². The summed E-state index contributed by atoms with van der Waals surface area (Å²) >= 11 is 0. The average molecular weight is 367 g/mol. The van der Waals surface area contributed by atoms with Crippen LogP contribution in [0, 0.1) is 0 Å². The molecule has 0 spiro atoms. The number of hydrogen-bond acceptors (Lipinski definition) is 5. The third-order valence-electron chi connectivity index (χ3n) is 4.20. The number of H-pyrrole nitrogens is 1. The minimum Gasteiger partial charge on any atom is -0.333 e. The van der Waals surface area contributed by atoms with Crippen molar-refractivity contribution in [2.75, 3.05) is 7.05 Å². The Morgan fingerprint density at radius 2 is 1.96 bits per heavy atom. The molecule has 1 aromatic carbocycles. The number of carbonyl (C=O) groups is 1. The molecule has 1 N–H and O–H groups in total. The fourth-order valence-corrected chi connectivity index (χ4v) is 2.73. The Bertz CT molecular complexity index is 1090. The SMILES string of the molecule is CCCCn1nc(C(=O)N(C)Cc2nc3ccccc3c(=O)[nH]2)ccc1=O. The Balaban J connectivity index is 1.82. The molecule has 0 saturated carbocycles. The first-order valence-electron chi connectivity index (χ1n) is 8.81. The molecule has 27 heavy (non-hydrogen) atoms. The van der Waals surface area contributed by atoms with Crippen LogP contribution in [0.25, 0.3) is 10.9 Å². The molecule has 0 radical (unpaired) electrons. The van der Waals surface area contributed by atoms with Gasteiger partial charge in [-0.1, -0.05) is 25.5 Å². The van der Waals surface area contributed by atoms with E-state index in [1.807, 2.05) is 6.92 Å². The molecule has 2 aromatic heterocycles. The topological polar surface area (TPSA) is 101 Å². The van der Waals surface area contributed by atoms with Gasteiger partial charge in [0.05, 0.1) is 17.4 Å². The number of aryl methyl sites for hydroxylation is 1. The number of nitrogens with zero attached hydrogens (tertiary/aromatic N) is 4. The smallest absolute Gasteiger partial charge is 0.274 e. The van der Waals surface area contributed by atoms with E-state index in [2.05, 4.69) is 15.1 Å². The van der Waals surface area contributed by atoms with Crippen molar-refractivity contribution >= 4 is 16.8 Å². The summed E-state index contributed by atoms with van der Waals surface area (Å²) < 4.78 is 1.31. The fourth-order valence-electron chi connectivity index (χ4n) is 2.73. The number of fused-ring (bicyclic) bond motifs is 1. The largest absolute Gasteiger partial charge is 0.333 e. The summed E-state index contributed by atoms with van der Waals surface area (Å²) in [5.74, 6) is 0.0323. The van der Waals surface area contributed by atoms with Gasteiger partial charge in [-0.15, -0.1) is 0 Å². The number of nitrogens with one attached hydrogen (secondary N) is 1. The molecule has 0 bridgehead atoms. The Morgan fingerprint density at radius 3 is 2.74 bits per heavy atom. The molecule has 0 unspecified atom stereocenters. The van der Waals surface area contributed by atoms with Gasteiger partial charge in [-0.25, -0.2) is 9.67 Å². The van der Waals surface area contributed by atoms with Gasteiger partial charge in [-0.3, -0.25) is 14.4 Å². The van der Waals surface area contributed by atoms with Crippen LogP contribution in [0.3, 0.4) is 0 Å². The first kappa shape index (κ1) is 18.5. The predicted molar refractivity (Wildman–Crippen MR) is 102 cm³/mol. The number of amides is 1. The summed E-state index contributed by atoms with van der Waals surface area (Å²) in [7, 11) is 1.60. The summed E-state index contributed by atoms with van der Waals surface area (Å²) in [5.41, 5.74) is 0.269. The minimum atomic E-state index is -0.351. The number of carbonyl (C=O) groups excluding carboxylic acids is 1. The molecule has 1 amide bonds. The first-order valence-corrected chi connectivity index (χ1v) is 8.81. The van der Waals surface area contributed by atoms with Crippen LogP contribution >= 0.6 is 0 Å². The lowest BCUT2D eigenvalue weighted by molar-refractivity contribution is 0.0772. The maximum atomic E-state index is 12.7. The van der Waals surface area contributed by atoms with Gasteiger partial charge in [0.1, 0.15) is 11.5 Å². The number of hydrogen-bond donors (Lipinski definition) is 1. The third-order valence-corrected chi connectivity index (χ3v) is 4.20. The van der Waals surface area contributed by atoms with E-state index >= 15 is 0 Å². The third kappa shape index (κ3) is 4.11. The Kier molecular flexibility index (Phi) is 5.44. The van der Waals surface area contributed by atoms with Crippen LogP contribution in [0.1, 0.15) is 36.1 Å². The Labute approximate surface area is 155 Å². The highest BCUT2D eigenvalue weighted by atomic mass is 16.2. The van der Waals surface area contributed by atoms with Crippen molar-refractivity contribution in [1.82, 2.24) is 24.6 Å². The van der Waals surface area contributed by atoms with Gasteiger partial charge in [-0.2, -0.15) is 5.10 Å². The van der Waals surface area contributed by atoms with Gasteiger partial charge in [-0.05, 0) is 24.6 Å². The van der Waals surface area contributed by atoms with Crippen molar-refractivity contribution in [3.8, 4) is 0 Å². The molecular weight excluding hydrogens is 346 g/mol. The van der Waals surface area contributed by atoms with Gasteiger partial charge >= 0.3 is 0 Å². The Hall–Kier alpha value is -3.29. The normalized spacial score (nSPS) is 10.9. The number of aromatic amines is 1. The lowest BCUT2D eigenvalue weighted by Crippen LogP contribution is -2.32. The second-order valence-electron chi connectivity index (χ2n) is 6.32. The lowest BCUT2D eigenvalue weighted by Gasteiger charge is -2.16. The van der Waals surface area contributed by atoms with Crippen molar-refractivity contribution in [3.05, 3.63) is 68.6 Å². The molecule has 0 atom stereocenters. The number of benzene rings is 1. The fraction of sp³-hybridized carbons (Fsp3) is 0.316. The second kappa shape index (κ2) is 7.94. The summed E-state index contributed by atoms with van der Waals surface area (Å²) in [6.45, 7) is 2.61. The minimum absolute atomic E-state index is 0.120. The van der Waals surface area contributed by atoms with Gasteiger partial charge < -0.3 is 9.88 Å². The van der Waals surface area contributed by atoms with Gasteiger partial charge in [0, 0.05) is 19.7 Å². The van der Waals surface area contributed by atoms with Crippen LogP contribution in [0.15, 0.2) is 46.0 Å². The van der Waals surface area contributed by atoms with E-state index in [0.29, 0.717) is 23.3 Å². The molecule has 8 heteroatoms. The molecule has 2 heterocycles. The molecule has 0 aliphatic carbocycles. The van der Waals surface area contributed by atoms with Crippen molar-refractivity contribution in [2.45, 2.75) is 32.9 Å². The zero-order valence-corrected chi connectivity index (χ0v) is 15.3. The van der Waals surface area contributed by atoms with Crippen LogP contribution in [0.2, 0.25) is 0 Å². The molecule has 0 saturated heterocycles. The van der Waals surface area contributed by atoms with E-state index in [9.17, 15) is 14.4 Å². The summed E-state index contributed by atoms with van der Waals surface area (Å²) in [5, 5.41) is 4.66. The molecule has 0 aliphatic rings. The molecule has 3 aromatic rings. The zero-order valence-electron chi connectivity index (χ0n) is 15.3. The second-order valence-corrected chi connectivity index (χ2v) is 6.32. The maximum absolute atomic E-state index is 12.7. The van der Waals surface area contributed by atoms with Crippen LogP contribution in [0.5, 0.6) is 0 Å². The summed E-state index contributed by atoms with van der Waals surface area (Å²) in [6.07, 6.45) is 1.73. The van der Waals surface area contributed by atoms with Crippen LogP contribution in [-0.4, -0.2) is 37.6 Å². The highest BCUT2D eigenvalue weighted by molar-refractivity contribution is 5.91. The quantitative estimate of drug-likeness (QED) is 0.712. The molecule has 0 fully saturated rings. The number of unbranched alkanes of at least 4 members (excludes halogenated alkanes) is 1. The number of aromatic nitrogens is 4. The van der Waals surface area contributed by atoms with Gasteiger partial charge in [0.2, 0.25) is 0 Å². The van der Waals surface area contributed by atoms with Crippen molar-refractivity contribution < 1.29 is 4.79 Å². The Morgan fingerprint density at radius 1 is 1.19 bits per heavy atom. The first-order chi connectivity index (χ1) is 13.0. The van der Waals surface area contributed by atoms with Crippen molar-refractivity contribution in [3.63, 3.8) is 0 Å². The molecule has 8 nitrogen and oxygen atoms in total. The predicted octanol–water partition coefficient (Wildman–Crippen LogP) is 1.55. The van der Waals surface area contributed by atoms with Crippen molar-refractivity contribution in [1.29, 1.82) is 0 Å². The summed E-state index contributed by atoms with van der Waals surface area (Å²) in [6, 6.07) is 9.79. The van der Waals surface area contributed by atoms with Crippen LogP contribution < -0.4 is 11.1 Å². The van der Waals surface area contributed by atoms with Crippen molar-refractivity contribution in [2.24, 2.45) is 0 Å². The molecular formula is C19H21N5O3. The lowest BCUT2D eigenvalue weighted by atomic mass is 10.2. The number of para-hydroxylation sites is 1. The highest BCUT2D eigenvalue weighted by Crippen LogP contribution is 2.08. The standard InChI is InChI=1S/C19H21N5O3/c1-3-4-11-24-17(25)10-9-15(22-24)19(27)23(2)12-16-20-14-8-6-5-7-13(14)18(26)21-16/h5-10H,3-4,11-12H2,1-2H3,(H,20,21,26). The highest BCUT2D eigenvalue weighted by Gasteiger charge is 2.16. The van der Waals surface area contributed by atoms with E-state index in [-0.39, 0.29) is 29.3 Å². The van der Waals surface area contributed by atoms with E-state index in [1.54, 1.807) is 31.3 Å². The molecule has 0 aliphatic heterocycles. The van der Waals surface area contributed by atoms with E-state index in [4.69, 9.17) is 0 Å². The zero-order chi connectivity index (χ0) is 19.4. The van der Waals surface area contributed by atoms with Crippen LogP contribution in [0.4, 0.5) is 0 Å². The van der Waals surface area contributed by atoms with E-state index in [0.717, 1.165) is 12.8 Å². The van der Waals surface area contributed by atoms with E-state index < -0.39 is 0 Å². The number of rotatable bonds is 6. The summed E-state index contributed by atoms with van der Waals surface area (Å²) in [4.78, 5) is 45.2. The molecule has 140 valence electrons. The van der Waals surface area contributed by atoms with Crippen LogP contribution in [-0.2, 0) is 13.1 Å². The average Bonchev–Trinajstić information content (AvgIpc) is 2.67.